The van der Waals surface area contributed by atoms with Crippen LogP contribution in [0.25, 0.3) is 0 Å². The van der Waals surface area contributed by atoms with Gasteiger partial charge in [0.1, 0.15) is 0 Å². The van der Waals surface area contributed by atoms with E-state index in [1.807, 2.05) is 36.1 Å². The Hall–Kier alpha value is -1.95. The second-order valence-electron chi connectivity index (χ2n) is 4.49. The minimum Gasteiger partial charge on any atom is -0.376 e. The number of hydrogen-bond donors (Lipinski definition) is 1. The van der Waals surface area contributed by atoms with Gasteiger partial charge in [-0.15, -0.1) is 6.42 Å². The van der Waals surface area contributed by atoms with Crippen molar-refractivity contribution in [2.24, 2.45) is 0 Å². The third-order valence-corrected chi connectivity index (χ3v) is 3.12. The van der Waals surface area contributed by atoms with E-state index < -0.39 is 0 Å². The lowest BCUT2D eigenvalue weighted by atomic mass is 10.2. The molecule has 0 saturated heterocycles. The molecule has 0 unspecified atom stereocenters. The van der Waals surface area contributed by atoms with Gasteiger partial charge in [-0.1, -0.05) is 12.0 Å². The molecule has 1 saturated carbocycles. The van der Waals surface area contributed by atoms with E-state index >= 15 is 0 Å². The quantitative estimate of drug-likeness (QED) is 0.802. The fourth-order valence-electron chi connectivity index (χ4n) is 2.02. The Kier molecular flexibility index (Phi) is 3.88. The standard InChI is InChI=1S/C15H18N2O/c1-3-12-6-5-7-13(10-12)16-11-15(18)17(4-2)14-8-9-14/h1,5-7,10,14,16H,4,8-9,11H2,2H3. The summed E-state index contributed by atoms with van der Waals surface area (Å²) in [6.07, 6.45) is 7.63. The molecule has 1 aromatic rings. The number of hydrogen-bond acceptors (Lipinski definition) is 2. The summed E-state index contributed by atoms with van der Waals surface area (Å²) in [5, 5.41) is 3.13. The van der Waals surface area contributed by atoms with Crippen molar-refractivity contribution in [1.29, 1.82) is 0 Å². The summed E-state index contributed by atoms with van der Waals surface area (Å²) in [6.45, 7) is 3.14. The van der Waals surface area contributed by atoms with Gasteiger partial charge < -0.3 is 10.2 Å². The fraction of sp³-hybridized carbons (Fsp3) is 0.400. The van der Waals surface area contributed by atoms with Crippen molar-refractivity contribution < 1.29 is 4.79 Å². The second kappa shape index (κ2) is 5.59. The first-order valence-electron chi connectivity index (χ1n) is 6.34. The number of amides is 1. The molecule has 2 rings (SSSR count). The van der Waals surface area contributed by atoms with E-state index in [4.69, 9.17) is 6.42 Å². The van der Waals surface area contributed by atoms with Gasteiger partial charge >= 0.3 is 0 Å². The highest BCUT2D eigenvalue weighted by atomic mass is 16.2. The van der Waals surface area contributed by atoms with Gasteiger partial charge in [0.15, 0.2) is 0 Å². The number of nitrogens with zero attached hydrogens (tertiary/aromatic N) is 1. The molecule has 1 N–H and O–H groups in total. The molecule has 0 heterocycles. The van der Waals surface area contributed by atoms with Crippen molar-refractivity contribution in [3.05, 3.63) is 29.8 Å². The molecule has 0 aromatic heterocycles. The summed E-state index contributed by atoms with van der Waals surface area (Å²) in [4.78, 5) is 13.9. The average molecular weight is 242 g/mol. The van der Waals surface area contributed by atoms with Gasteiger partial charge in [0.2, 0.25) is 5.91 Å². The Labute approximate surface area is 108 Å². The zero-order valence-electron chi connectivity index (χ0n) is 10.6. The molecule has 1 fully saturated rings. The van der Waals surface area contributed by atoms with Crippen LogP contribution >= 0.6 is 0 Å². The van der Waals surface area contributed by atoms with Crippen LogP contribution in [-0.4, -0.2) is 29.9 Å². The van der Waals surface area contributed by atoms with Crippen molar-refractivity contribution >= 4 is 11.6 Å². The van der Waals surface area contributed by atoms with E-state index in [-0.39, 0.29) is 5.91 Å². The van der Waals surface area contributed by atoms with E-state index in [2.05, 4.69) is 11.2 Å². The topological polar surface area (TPSA) is 32.3 Å². The molecule has 3 heteroatoms. The minimum absolute atomic E-state index is 0.158. The van der Waals surface area contributed by atoms with Crippen LogP contribution in [0.2, 0.25) is 0 Å². The van der Waals surface area contributed by atoms with Gasteiger partial charge in [-0.3, -0.25) is 4.79 Å². The van der Waals surface area contributed by atoms with Crippen molar-refractivity contribution in [2.75, 3.05) is 18.4 Å². The van der Waals surface area contributed by atoms with Gasteiger partial charge in [0, 0.05) is 23.8 Å². The Bertz CT molecular complexity index is 472. The van der Waals surface area contributed by atoms with E-state index in [9.17, 15) is 4.79 Å². The van der Waals surface area contributed by atoms with Crippen LogP contribution in [0.4, 0.5) is 5.69 Å². The van der Waals surface area contributed by atoms with Crippen LogP contribution in [-0.2, 0) is 4.79 Å². The van der Waals surface area contributed by atoms with Gasteiger partial charge in [-0.05, 0) is 38.0 Å². The van der Waals surface area contributed by atoms with Crippen molar-refractivity contribution in [3.63, 3.8) is 0 Å². The van der Waals surface area contributed by atoms with Gasteiger partial charge in [0.25, 0.3) is 0 Å². The maximum Gasteiger partial charge on any atom is 0.242 e. The van der Waals surface area contributed by atoms with Crippen LogP contribution in [0, 0.1) is 12.3 Å². The number of carbonyl (C=O) groups excluding carboxylic acids is 1. The Morgan fingerprint density at radius 2 is 2.33 bits per heavy atom. The van der Waals surface area contributed by atoms with Gasteiger partial charge in [-0.25, -0.2) is 0 Å². The smallest absolute Gasteiger partial charge is 0.242 e. The monoisotopic (exact) mass is 242 g/mol. The number of benzene rings is 1. The minimum atomic E-state index is 0.158. The van der Waals surface area contributed by atoms with Crippen LogP contribution in [0.1, 0.15) is 25.3 Å². The zero-order valence-corrected chi connectivity index (χ0v) is 10.6. The summed E-state index contributed by atoms with van der Waals surface area (Å²) >= 11 is 0. The number of terminal acetylenes is 1. The first-order valence-corrected chi connectivity index (χ1v) is 6.34. The summed E-state index contributed by atoms with van der Waals surface area (Å²) in [5.74, 6) is 2.74. The zero-order chi connectivity index (χ0) is 13.0. The first kappa shape index (κ1) is 12.5. The van der Waals surface area contributed by atoms with E-state index in [0.717, 1.165) is 30.6 Å². The number of likely N-dealkylation sites (N-methyl/N-ethyl adjacent to an activating group) is 1. The molecule has 0 radical (unpaired) electrons. The van der Waals surface area contributed by atoms with Gasteiger partial charge in [-0.2, -0.15) is 0 Å². The van der Waals surface area contributed by atoms with Crippen LogP contribution in [0.15, 0.2) is 24.3 Å². The summed E-state index contributed by atoms with van der Waals surface area (Å²) in [7, 11) is 0. The van der Waals surface area contributed by atoms with Crippen molar-refractivity contribution in [3.8, 4) is 12.3 Å². The molecular weight excluding hydrogens is 224 g/mol. The number of carbonyl (C=O) groups is 1. The average Bonchev–Trinajstić information content (AvgIpc) is 3.22. The maximum absolute atomic E-state index is 12.0. The lowest BCUT2D eigenvalue weighted by Crippen LogP contribution is -2.37. The highest BCUT2D eigenvalue weighted by molar-refractivity contribution is 5.81. The SMILES string of the molecule is C#Cc1cccc(NCC(=O)N(CC)C2CC2)c1. The van der Waals surface area contributed by atoms with Gasteiger partial charge in [0.05, 0.1) is 6.54 Å². The first-order chi connectivity index (χ1) is 8.74. The second-order valence-corrected chi connectivity index (χ2v) is 4.49. The summed E-state index contributed by atoms with van der Waals surface area (Å²) in [6, 6.07) is 8.03. The molecular formula is C15H18N2O. The molecule has 1 aliphatic rings. The Morgan fingerprint density at radius 1 is 1.56 bits per heavy atom. The summed E-state index contributed by atoms with van der Waals surface area (Å²) in [5.41, 5.74) is 1.72. The highest BCUT2D eigenvalue weighted by Crippen LogP contribution is 2.26. The molecule has 0 atom stereocenters. The lowest BCUT2D eigenvalue weighted by Gasteiger charge is -2.20. The normalized spacial score (nSPS) is 13.8. The predicted octanol–water partition coefficient (Wildman–Crippen LogP) is 2.09. The molecule has 94 valence electrons. The third kappa shape index (κ3) is 3.04. The Morgan fingerprint density at radius 3 is 2.94 bits per heavy atom. The molecule has 1 aromatic carbocycles. The van der Waals surface area contributed by atoms with Crippen LogP contribution in [0.3, 0.4) is 0 Å². The molecule has 1 aliphatic carbocycles. The van der Waals surface area contributed by atoms with Crippen LogP contribution in [0.5, 0.6) is 0 Å². The number of nitrogens with one attached hydrogen (secondary N) is 1. The third-order valence-electron chi connectivity index (χ3n) is 3.12. The van der Waals surface area contributed by atoms with Crippen molar-refractivity contribution in [1.82, 2.24) is 4.90 Å². The maximum atomic E-state index is 12.0. The van der Waals surface area contributed by atoms with E-state index in [1.165, 1.54) is 0 Å². The molecule has 3 nitrogen and oxygen atoms in total. The highest BCUT2D eigenvalue weighted by Gasteiger charge is 2.30. The van der Waals surface area contributed by atoms with E-state index in [1.54, 1.807) is 0 Å². The molecule has 0 aliphatic heterocycles. The number of rotatable bonds is 5. The molecule has 18 heavy (non-hydrogen) atoms. The predicted molar refractivity (Wildman–Crippen MR) is 73.3 cm³/mol. The largest absolute Gasteiger partial charge is 0.376 e. The fourth-order valence-corrected chi connectivity index (χ4v) is 2.02. The molecule has 0 bridgehead atoms. The van der Waals surface area contributed by atoms with Crippen molar-refractivity contribution in [2.45, 2.75) is 25.8 Å². The van der Waals surface area contributed by atoms with E-state index in [0.29, 0.717) is 12.6 Å². The molecule has 0 spiro atoms. The number of anilines is 1. The van der Waals surface area contributed by atoms with Crippen LogP contribution < -0.4 is 5.32 Å². The lowest BCUT2D eigenvalue weighted by molar-refractivity contribution is -0.129. The summed E-state index contributed by atoms with van der Waals surface area (Å²) < 4.78 is 0. The molecule has 1 amide bonds. The Balaban J connectivity index is 1.90.